The average molecular weight is 246 g/mol. The molecule has 0 bridgehead atoms. The van der Waals surface area contributed by atoms with Gasteiger partial charge >= 0.3 is 5.97 Å². The zero-order valence-electron chi connectivity index (χ0n) is 10.8. The van der Waals surface area contributed by atoms with Crippen LogP contribution in [0.25, 0.3) is 0 Å². The van der Waals surface area contributed by atoms with Crippen LogP contribution in [0.5, 0.6) is 0 Å². The van der Waals surface area contributed by atoms with Gasteiger partial charge in [0.15, 0.2) is 0 Å². The SMILES string of the molecule is C=C1[C@H]2C[C@H]2[C@]2(C)C[C@@H]3OC(=O)C(C)=C3C[C@]12O. The van der Waals surface area contributed by atoms with Crippen molar-refractivity contribution in [3.63, 3.8) is 0 Å². The fourth-order valence-electron chi connectivity index (χ4n) is 4.63. The Hall–Kier alpha value is -1.09. The molecule has 3 aliphatic carbocycles. The number of fused-ring (bicyclic) bond motifs is 4. The van der Waals surface area contributed by atoms with Gasteiger partial charge in [0.05, 0.1) is 5.60 Å². The highest BCUT2D eigenvalue weighted by Crippen LogP contribution is 2.73. The number of hydrogen-bond acceptors (Lipinski definition) is 3. The molecule has 0 saturated heterocycles. The molecule has 1 heterocycles. The van der Waals surface area contributed by atoms with Gasteiger partial charge in [-0.05, 0) is 42.7 Å². The first-order valence-electron chi connectivity index (χ1n) is 6.71. The van der Waals surface area contributed by atoms with Crippen LogP contribution in [0.4, 0.5) is 0 Å². The van der Waals surface area contributed by atoms with E-state index in [0.29, 0.717) is 23.8 Å². The van der Waals surface area contributed by atoms with Gasteiger partial charge in [-0.3, -0.25) is 0 Å². The summed E-state index contributed by atoms with van der Waals surface area (Å²) in [6.45, 7) is 8.09. The molecular formula is C15H18O3. The predicted octanol–water partition coefficient (Wildman–Crippen LogP) is 1.97. The Balaban J connectivity index is 1.83. The van der Waals surface area contributed by atoms with Gasteiger partial charge in [0.1, 0.15) is 6.10 Å². The van der Waals surface area contributed by atoms with Gasteiger partial charge in [-0.25, -0.2) is 4.79 Å². The molecule has 3 heteroatoms. The molecular weight excluding hydrogens is 228 g/mol. The quantitative estimate of drug-likeness (QED) is 0.525. The van der Waals surface area contributed by atoms with E-state index in [0.717, 1.165) is 24.0 Å². The van der Waals surface area contributed by atoms with Crippen molar-refractivity contribution in [1.82, 2.24) is 0 Å². The van der Waals surface area contributed by atoms with E-state index in [9.17, 15) is 9.90 Å². The minimum absolute atomic E-state index is 0.102. The van der Waals surface area contributed by atoms with Crippen LogP contribution in [-0.4, -0.2) is 22.8 Å². The van der Waals surface area contributed by atoms with Gasteiger partial charge in [-0.2, -0.15) is 0 Å². The van der Waals surface area contributed by atoms with Crippen molar-refractivity contribution >= 4 is 5.97 Å². The smallest absolute Gasteiger partial charge is 0.334 e. The fourth-order valence-corrected chi connectivity index (χ4v) is 4.63. The summed E-state index contributed by atoms with van der Waals surface area (Å²) < 4.78 is 5.44. The van der Waals surface area contributed by atoms with Crippen LogP contribution in [0.1, 0.15) is 33.1 Å². The summed E-state index contributed by atoms with van der Waals surface area (Å²) in [5, 5.41) is 11.1. The lowest BCUT2D eigenvalue weighted by Crippen LogP contribution is -2.52. The average Bonchev–Trinajstić information content (AvgIpc) is 3.03. The number of carbonyl (C=O) groups excluding carboxylic acids is 1. The summed E-state index contributed by atoms with van der Waals surface area (Å²) in [6.07, 6.45) is 2.34. The monoisotopic (exact) mass is 246 g/mol. The first kappa shape index (κ1) is 10.8. The molecule has 0 spiro atoms. The van der Waals surface area contributed by atoms with Crippen LogP contribution in [0.2, 0.25) is 0 Å². The summed E-state index contributed by atoms with van der Waals surface area (Å²) in [5.74, 6) is 0.826. The fraction of sp³-hybridized carbons (Fsp3) is 0.667. The van der Waals surface area contributed by atoms with E-state index >= 15 is 0 Å². The second-order valence-electron chi connectivity index (χ2n) is 6.68. The lowest BCUT2D eigenvalue weighted by molar-refractivity contribution is -0.145. The van der Waals surface area contributed by atoms with Gasteiger partial charge in [0.25, 0.3) is 0 Å². The van der Waals surface area contributed by atoms with E-state index in [1.54, 1.807) is 0 Å². The molecule has 0 aromatic rings. The normalized spacial score (nSPS) is 52.9. The summed E-state index contributed by atoms with van der Waals surface area (Å²) in [5.41, 5.74) is 1.72. The lowest BCUT2D eigenvalue weighted by atomic mass is 9.60. The Morgan fingerprint density at radius 1 is 1.50 bits per heavy atom. The molecule has 0 amide bonds. The maximum Gasteiger partial charge on any atom is 0.334 e. The van der Waals surface area contributed by atoms with E-state index in [1.807, 2.05) is 6.92 Å². The minimum atomic E-state index is -0.818. The van der Waals surface area contributed by atoms with Gasteiger partial charge < -0.3 is 9.84 Å². The van der Waals surface area contributed by atoms with Crippen molar-refractivity contribution in [3.8, 4) is 0 Å². The number of rotatable bonds is 0. The van der Waals surface area contributed by atoms with E-state index in [1.165, 1.54) is 0 Å². The number of aliphatic hydroxyl groups is 1. The van der Waals surface area contributed by atoms with Gasteiger partial charge in [-0.15, -0.1) is 0 Å². The second-order valence-corrected chi connectivity index (χ2v) is 6.68. The van der Waals surface area contributed by atoms with E-state index in [2.05, 4.69) is 13.5 Å². The molecule has 0 unspecified atom stereocenters. The third kappa shape index (κ3) is 0.923. The van der Waals surface area contributed by atoms with Crippen LogP contribution >= 0.6 is 0 Å². The first-order valence-corrected chi connectivity index (χ1v) is 6.71. The highest BCUT2D eigenvalue weighted by atomic mass is 16.5. The Morgan fingerprint density at radius 2 is 2.22 bits per heavy atom. The summed E-state index contributed by atoms with van der Waals surface area (Å²) in [4.78, 5) is 11.7. The largest absolute Gasteiger partial charge is 0.454 e. The summed E-state index contributed by atoms with van der Waals surface area (Å²) in [6, 6.07) is 0. The standard InChI is InChI=1S/C15H18O3/c1-7-10-5-15(17)8(2)9-4-11(9)14(15,3)6-12(10)18-13(7)16/h9,11-12,17H,2,4-6H2,1,3H3/t9-,11-,12+,14+,15+/m1/s1. The Labute approximate surface area is 107 Å². The van der Waals surface area contributed by atoms with Crippen molar-refractivity contribution in [3.05, 3.63) is 23.3 Å². The van der Waals surface area contributed by atoms with Crippen LogP contribution in [-0.2, 0) is 9.53 Å². The minimum Gasteiger partial charge on any atom is -0.454 e. The Bertz CT molecular complexity index is 532. The molecule has 4 aliphatic rings. The molecule has 4 rings (SSSR count). The van der Waals surface area contributed by atoms with E-state index in [4.69, 9.17) is 4.74 Å². The molecule has 0 radical (unpaired) electrons. The molecule has 18 heavy (non-hydrogen) atoms. The maximum absolute atomic E-state index is 11.7. The van der Waals surface area contributed by atoms with Crippen molar-refractivity contribution in [2.75, 3.05) is 0 Å². The van der Waals surface area contributed by atoms with Crippen LogP contribution in [0, 0.1) is 17.3 Å². The molecule has 0 aromatic heterocycles. The second kappa shape index (κ2) is 2.74. The zero-order valence-corrected chi connectivity index (χ0v) is 10.8. The molecule has 96 valence electrons. The van der Waals surface area contributed by atoms with Crippen LogP contribution in [0.15, 0.2) is 23.3 Å². The number of hydrogen-bond donors (Lipinski definition) is 1. The van der Waals surface area contributed by atoms with Gasteiger partial charge in [-0.1, -0.05) is 13.5 Å². The number of carbonyl (C=O) groups is 1. The molecule has 5 atom stereocenters. The number of esters is 1. The predicted molar refractivity (Wildman–Crippen MR) is 65.6 cm³/mol. The summed E-state index contributed by atoms with van der Waals surface area (Å²) >= 11 is 0. The maximum atomic E-state index is 11.7. The van der Waals surface area contributed by atoms with Gasteiger partial charge in [0, 0.05) is 17.4 Å². The first-order chi connectivity index (χ1) is 8.38. The van der Waals surface area contributed by atoms with Crippen molar-refractivity contribution in [2.45, 2.75) is 44.8 Å². The molecule has 3 nitrogen and oxygen atoms in total. The molecule has 1 aliphatic heterocycles. The highest BCUT2D eigenvalue weighted by molar-refractivity contribution is 5.92. The molecule has 3 fully saturated rings. The van der Waals surface area contributed by atoms with E-state index in [-0.39, 0.29) is 17.5 Å². The lowest BCUT2D eigenvalue weighted by Gasteiger charge is -2.48. The Kier molecular flexibility index (Phi) is 1.65. The highest BCUT2D eigenvalue weighted by Gasteiger charge is 2.72. The Morgan fingerprint density at radius 3 is 2.94 bits per heavy atom. The molecule has 1 N–H and O–H groups in total. The molecule has 0 aromatic carbocycles. The number of ether oxygens (including phenoxy) is 1. The third-order valence-corrected chi connectivity index (χ3v) is 6.01. The zero-order chi connectivity index (χ0) is 12.9. The van der Waals surface area contributed by atoms with Crippen molar-refractivity contribution < 1.29 is 14.6 Å². The third-order valence-electron chi connectivity index (χ3n) is 6.01. The van der Waals surface area contributed by atoms with Crippen molar-refractivity contribution in [1.29, 1.82) is 0 Å². The molecule has 3 saturated carbocycles. The van der Waals surface area contributed by atoms with Crippen molar-refractivity contribution in [2.24, 2.45) is 17.3 Å². The summed E-state index contributed by atoms with van der Waals surface area (Å²) in [7, 11) is 0. The van der Waals surface area contributed by atoms with Gasteiger partial charge in [0.2, 0.25) is 0 Å². The topological polar surface area (TPSA) is 46.5 Å². The van der Waals surface area contributed by atoms with Crippen LogP contribution in [0.3, 0.4) is 0 Å². The van der Waals surface area contributed by atoms with Crippen LogP contribution < -0.4 is 0 Å². The van der Waals surface area contributed by atoms with E-state index < -0.39 is 5.60 Å².